The molecule has 122 valence electrons. The molecule has 5 N–H and O–H groups in total. The number of benzene rings is 2. The van der Waals surface area contributed by atoms with Crippen LogP contribution >= 0.6 is 0 Å². The van der Waals surface area contributed by atoms with E-state index in [-0.39, 0.29) is 19.2 Å². The van der Waals surface area contributed by atoms with E-state index >= 15 is 0 Å². The Morgan fingerprint density at radius 2 is 1.57 bits per heavy atom. The minimum atomic E-state index is -0.236. The summed E-state index contributed by atoms with van der Waals surface area (Å²) < 4.78 is 11.0. The highest BCUT2D eigenvalue weighted by Crippen LogP contribution is 2.15. The maximum Gasteiger partial charge on any atom is 0.235 e. The average molecular weight is 315 g/mol. The van der Waals surface area contributed by atoms with Gasteiger partial charge in [0.1, 0.15) is 19.1 Å². The zero-order valence-corrected chi connectivity index (χ0v) is 12.8. The topological polar surface area (TPSA) is 99.6 Å². The van der Waals surface area contributed by atoms with Crippen LogP contribution in [0.4, 0.5) is 5.69 Å². The first-order chi connectivity index (χ1) is 11.2. The third-order valence-electron chi connectivity index (χ3n) is 3.13. The van der Waals surface area contributed by atoms with Crippen molar-refractivity contribution in [2.24, 2.45) is 5.73 Å². The molecular formula is C17H21N3O3. The van der Waals surface area contributed by atoms with Crippen LogP contribution in [0.2, 0.25) is 0 Å². The molecule has 0 spiro atoms. The van der Waals surface area contributed by atoms with Gasteiger partial charge in [-0.05, 0) is 35.4 Å². The molecule has 0 unspecified atom stereocenters. The van der Waals surface area contributed by atoms with E-state index in [0.29, 0.717) is 18.9 Å². The van der Waals surface area contributed by atoms with Gasteiger partial charge in [-0.25, -0.2) is 0 Å². The fourth-order valence-corrected chi connectivity index (χ4v) is 1.84. The quantitative estimate of drug-likeness (QED) is 0.388. The van der Waals surface area contributed by atoms with Crippen molar-refractivity contribution in [3.8, 4) is 5.75 Å². The number of amides is 1. The standard InChI is InChI=1S/C17H21N3O3/c18-9-17(21)20-12-22-10-13-1-3-14(4-2-13)11-23-16-7-5-15(19)6-8-16/h1-8H,9-12,18-19H2,(H,20,21). The van der Waals surface area contributed by atoms with Crippen molar-refractivity contribution < 1.29 is 14.3 Å². The smallest absolute Gasteiger partial charge is 0.235 e. The van der Waals surface area contributed by atoms with Gasteiger partial charge in [-0.2, -0.15) is 0 Å². The number of anilines is 1. The molecule has 2 aromatic carbocycles. The monoisotopic (exact) mass is 315 g/mol. The fraction of sp³-hybridized carbons (Fsp3) is 0.235. The molecule has 1 amide bonds. The Labute approximate surface area is 135 Å². The van der Waals surface area contributed by atoms with E-state index in [9.17, 15) is 4.79 Å². The Balaban J connectivity index is 1.73. The number of nitrogen functional groups attached to an aromatic ring is 1. The van der Waals surface area contributed by atoms with Crippen LogP contribution in [0.3, 0.4) is 0 Å². The second-order valence-corrected chi connectivity index (χ2v) is 4.97. The van der Waals surface area contributed by atoms with Crippen molar-refractivity contribution in [1.82, 2.24) is 5.32 Å². The van der Waals surface area contributed by atoms with Crippen LogP contribution < -0.4 is 21.5 Å². The summed E-state index contributed by atoms with van der Waals surface area (Å²) in [6, 6.07) is 15.2. The van der Waals surface area contributed by atoms with Gasteiger partial charge in [0.2, 0.25) is 5.91 Å². The molecule has 6 heteroatoms. The third-order valence-corrected chi connectivity index (χ3v) is 3.13. The molecule has 0 atom stereocenters. The normalized spacial score (nSPS) is 10.3. The number of hydrogen-bond acceptors (Lipinski definition) is 5. The van der Waals surface area contributed by atoms with Crippen molar-refractivity contribution >= 4 is 11.6 Å². The summed E-state index contributed by atoms with van der Waals surface area (Å²) in [5.74, 6) is 0.544. The third kappa shape index (κ3) is 5.98. The van der Waals surface area contributed by atoms with Gasteiger partial charge in [0.15, 0.2) is 0 Å². The maximum atomic E-state index is 10.9. The molecule has 0 radical (unpaired) electrons. The highest BCUT2D eigenvalue weighted by Gasteiger charge is 1.99. The molecule has 2 aromatic rings. The minimum absolute atomic E-state index is 0.0357. The maximum absolute atomic E-state index is 10.9. The Kier molecular flexibility index (Phi) is 6.40. The first-order valence-electron chi connectivity index (χ1n) is 7.28. The Bertz CT molecular complexity index is 612. The largest absolute Gasteiger partial charge is 0.489 e. The predicted molar refractivity (Wildman–Crippen MR) is 88.5 cm³/mol. The molecule has 0 aliphatic carbocycles. The van der Waals surface area contributed by atoms with Crippen LogP contribution in [0.15, 0.2) is 48.5 Å². The summed E-state index contributed by atoms with van der Waals surface area (Å²) in [5, 5.41) is 2.54. The summed E-state index contributed by atoms with van der Waals surface area (Å²) in [7, 11) is 0. The lowest BCUT2D eigenvalue weighted by atomic mass is 10.1. The number of ether oxygens (including phenoxy) is 2. The Morgan fingerprint density at radius 3 is 2.17 bits per heavy atom. The summed E-state index contributed by atoms with van der Waals surface area (Å²) in [6.45, 7) is 1.02. The molecular weight excluding hydrogens is 294 g/mol. The summed E-state index contributed by atoms with van der Waals surface area (Å²) in [4.78, 5) is 10.9. The molecule has 0 fully saturated rings. The molecule has 0 aliphatic rings. The fourth-order valence-electron chi connectivity index (χ4n) is 1.84. The first-order valence-corrected chi connectivity index (χ1v) is 7.28. The molecule has 2 rings (SSSR count). The van der Waals surface area contributed by atoms with E-state index in [2.05, 4.69) is 5.32 Å². The zero-order valence-electron chi connectivity index (χ0n) is 12.8. The van der Waals surface area contributed by atoms with Crippen LogP contribution in [-0.2, 0) is 22.7 Å². The molecule has 0 bridgehead atoms. The second-order valence-electron chi connectivity index (χ2n) is 4.97. The predicted octanol–water partition coefficient (Wildman–Crippen LogP) is 1.40. The number of nitrogens with one attached hydrogen (secondary N) is 1. The first kappa shape index (κ1) is 16.8. The van der Waals surface area contributed by atoms with Crippen molar-refractivity contribution in [3.05, 3.63) is 59.7 Å². The minimum Gasteiger partial charge on any atom is -0.489 e. The molecule has 23 heavy (non-hydrogen) atoms. The summed E-state index contributed by atoms with van der Waals surface area (Å²) >= 11 is 0. The SMILES string of the molecule is NCC(=O)NCOCc1ccc(COc2ccc(N)cc2)cc1. The van der Waals surface area contributed by atoms with Gasteiger partial charge >= 0.3 is 0 Å². The van der Waals surface area contributed by atoms with Gasteiger partial charge in [-0.3, -0.25) is 4.79 Å². The van der Waals surface area contributed by atoms with E-state index < -0.39 is 0 Å². The van der Waals surface area contributed by atoms with Crippen LogP contribution in [-0.4, -0.2) is 19.2 Å². The van der Waals surface area contributed by atoms with Crippen molar-refractivity contribution in [2.45, 2.75) is 13.2 Å². The van der Waals surface area contributed by atoms with Gasteiger partial charge in [0, 0.05) is 5.69 Å². The summed E-state index contributed by atoms with van der Waals surface area (Å²) in [5.41, 5.74) is 13.6. The molecule has 0 aliphatic heterocycles. The molecule has 0 aromatic heterocycles. The Morgan fingerprint density at radius 1 is 0.957 bits per heavy atom. The average Bonchev–Trinajstić information content (AvgIpc) is 2.59. The van der Waals surface area contributed by atoms with E-state index in [1.54, 1.807) is 12.1 Å². The van der Waals surface area contributed by atoms with E-state index in [0.717, 1.165) is 16.9 Å². The molecule has 6 nitrogen and oxygen atoms in total. The highest BCUT2D eigenvalue weighted by atomic mass is 16.5. The lowest BCUT2D eigenvalue weighted by Crippen LogP contribution is -2.31. The van der Waals surface area contributed by atoms with Crippen LogP contribution in [0, 0.1) is 0 Å². The number of rotatable bonds is 8. The zero-order chi connectivity index (χ0) is 16.5. The van der Waals surface area contributed by atoms with Crippen LogP contribution in [0.25, 0.3) is 0 Å². The lowest BCUT2D eigenvalue weighted by molar-refractivity contribution is -0.121. The summed E-state index contributed by atoms with van der Waals surface area (Å²) in [6.07, 6.45) is 0. The van der Waals surface area contributed by atoms with Crippen LogP contribution in [0.1, 0.15) is 11.1 Å². The lowest BCUT2D eigenvalue weighted by Gasteiger charge is -2.08. The number of hydrogen-bond donors (Lipinski definition) is 3. The van der Waals surface area contributed by atoms with Crippen LogP contribution in [0.5, 0.6) is 5.75 Å². The van der Waals surface area contributed by atoms with Gasteiger partial charge in [-0.15, -0.1) is 0 Å². The number of carbonyl (C=O) groups excluding carboxylic acids is 1. The van der Waals surface area contributed by atoms with E-state index in [1.807, 2.05) is 36.4 Å². The molecule has 0 saturated carbocycles. The number of carbonyl (C=O) groups is 1. The highest BCUT2D eigenvalue weighted by molar-refractivity contribution is 5.77. The van der Waals surface area contributed by atoms with Gasteiger partial charge < -0.3 is 26.3 Å². The van der Waals surface area contributed by atoms with E-state index in [4.69, 9.17) is 20.9 Å². The molecule has 0 heterocycles. The Hall–Kier alpha value is -2.57. The van der Waals surface area contributed by atoms with Crippen molar-refractivity contribution in [3.63, 3.8) is 0 Å². The van der Waals surface area contributed by atoms with Gasteiger partial charge in [0.25, 0.3) is 0 Å². The van der Waals surface area contributed by atoms with Crippen molar-refractivity contribution in [1.29, 1.82) is 0 Å². The molecule has 0 saturated heterocycles. The second kappa shape index (κ2) is 8.77. The van der Waals surface area contributed by atoms with E-state index in [1.165, 1.54) is 0 Å². The van der Waals surface area contributed by atoms with Crippen molar-refractivity contribution in [2.75, 3.05) is 19.0 Å². The number of nitrogens with two attached hydrogens (primary N) is 2. The van der Waals surface area contributed by atoms with Gasteiger partial charge in [-0.1, -0.05) is 24.3 Å². The van der Waals surface area contributed by atoms with Gasteiger partial charge in [0.05, 0.1) is 13.2 Å².